The molecule has 3 nitrogen and oxygen atoms in total. The second kappa shape index (κ2) is 4.52. The van der Waals surface area contributed by atoms with Crippen molar-refractivity contribution in [1.29, 1.82) is 0 Å². The molecule has 0 radical (unpaired) electrons. The maximum Gasteiger partial charge on any atom is 0.198 e. The van der Waals surface area contributed by atoms with Gasteiger partial charge >= 0.3 is 0 Å². The van der Waals surface area contributed by atoms with Crippen LogP contribution in [-0.2, 0) is 4.74 Å². The van der Waals surface area contributed by atoms with E-state index in [0.29, 0.717) is 5.56 Å². The summed E-state index contributed by atoms with van der Waals surface area (Å²) in [6, 6.07) is 14.7. The van der Waals surface area contributed by atoms with E-state index in [1.807, 2.05) is 43.3 Å². The number of benzene rings is 2. The molecule has 1 aliphatic rings. The minimum absolute atomic E-state index is 0.0207. The standard InChI is InChI=1S/C16H14O3/c1-10-7-8-12(13(17)9-10)14(18)16-15(19-16)11-5-3-2-4-6-11/h2-9,15-17H,1H3. The average Bonchev–Trinajstić information content (AvgIpc) is 3.19. The molecule has 0 aromatic heterocycles. The molecule has 3 heteroatoms. The maximum absolute atomic E-state index is 12.2. The Labute approximate surface area is 111 Å². The van der Waals surface area contributed by atoms with Gasteiger partial charge in [0.25, 0.3) is 0 Å². The van der Waals surface area contributed by atoms with Crippen LogP contribution in [0.25, 0.3) is 0 Å². The van der Waals surface area contributed by atoms with E-state index < -0.39 is 6.10 Å². The third kappa shape index (κ3) is 2.25. The van der Waals surface area contributed by atoms with E-state index in [2.05, 4.69) is 0 Å². The molecule has 1 fully saturated rings. The van der Waals surface area contributed by atoms with Gasteiger partial charge in [0.05, 0.1) is 5.56 Å². The van der Waals surface area contributed by atoms with Crippen LogP contribution in [0.1, 0.15) is 27.6 Å². The third-order valence-corrected chi connectivity index (χ3v) is 3.30. The molecule has 2 aromatic rings. The largest absolute Gasteiger partial charge is 0.507 e. The first-order valence-corrected chi connectivity index (χ1v) is 6.21. The Morgan fingerprint density at radius 1 is 1.16 bits per heavy atom. The second-order valence-electron chi connectivity index (χ2n) is 4.77. The highest BCUT2D eigenvalue weighted by atomic mass is 16.6. The summed E-state index contributed by atoms with van der Waals surface area (Å²) in [6.07, 6.45) is -0.662. The zero-order valence-corrected chi connectivity index (χ0v) is 10.5. The van der Waals surface area contributed by atoms with Crippen LogP contribution in [0.15, 0.2) is 48.5 Å². The molecule has 96 valence electrons. The summed E-state index contributed by atoms with van der Waals surface area (Å²) < 4.78 is 5.44. The first-order chi connectivity index (χ1) is 9.16. The van der Waals surface area contributed by atoms with Gasteiger partial charge in [-0.2, -0.15) is 0 Å². The number of ketones is 1. The number of epoxide rings is 1. The van der Waals surface area contributed by atoms with Crippen molar-refractivity contribution in [3.63, 3.8) is 0 Å². The number of hydrogen-bond donors (Lipinski definition) is 1. The molecule has 1 N–H and O–H groups in total. The summed E-state index contributed by atoms with van der Waals surface area (Å²) in [6.45, 7) is 1.87. The van der Waals surface area contributed by atoms with Gasteiger partial charge in [-0.3, -0.25) is 4.79 Å². The molecule has 0 bridgehead atoms. The van der Waals surface area contributed by atoms with E-state index in [-0.39, 0.29) is 17.6 Å². The Kier molecular flexibility index (Phi) is 2.84. The monoisotopic (exact) mass is 254 g/mol. The normalized spacial score (nSPS) is 21.1. The fourth-order valence-corrected chi connectivity index (χ4v) is 2.21. The van der Waals surface area contributed by atoms with E-state index in [4.69, 9.17) is 4.74 Å². The number of aromatic hydroxyl groups is 1. The maximum atomic E-state index is 12.2. The zero-order chi connectivity index (χ0) is 13.4. The number of hydrogen-bond acceptors (Lipinski definition) is 3. The van der Waals surface area contributed by atoms with Gasteiger partial charge in [0, 0.05) is 0 Å². The van der Waals surface area contributed by atoms with Crippen LogP contribution in [0.3, 0.4) is 0 Å². The lowest BCUT2D eigenvalue weighted by atomic mass is 10.0. The molecule has 2 aromatic carbocycles. The average molecular weight is 254 g/mol. The number of aryl methyl sites for hydroxylation is 1. The molecule has 0 aliphatic carbocycles. The Balaban J connectivity index is 1.80. The van der Waals surface area contributed by atoms with Crippen LogP contribution in [0, 0.1) is 6.92 Å². The molecule has 1 saturated heterocycles. The van der Waals surface area contributed by atoms with E-state index in [9.17, 15) is 9.90 Å². The van der Waals surface area contributed by atoms with Crippen LogP contribution >= 0.6 is 0 Å². The van der Waals surface area contributed by atoms with Gasteiger partial charge in [-0.15, -0.1) is 0 Å². The fraction of sp³-hybridized carbons (Fsp3) is 0.188. The van der Waals surface area contributed by atoms with E-state index in [0.717, 1.165) is 11.1 Å². The molecule has 1 aliphatic heterocycles. The van der Waals surface area contributed by atoms with Crippen molar-refractivity contribution in [2.45, 2.75) is 19.1 Å². The summed E-state index contributed by atoms with van der Waals surface area (Å²) >= 11 is 0. The van der Waals surface area contributed by atoms with Crippen molar-refractivity contribution >= 4 is 5.78 Å². The predicted molar refractivity (Wildman–Crippen MR) is 71.2 cm³/mol. The smallest absolute Gasteiger partial charge is 0.198 e. The number of rotatable bonds is 3. The van der Waals surface area contributed by atoms with Crippen LogP contribution < -0.4 is 0 Å². The minimum atomic E-state index is -0.476. The fourth-order valence-electron chi connectivity index (χ4n) is 2.21. The second-order valence-corrected chi connectivity index (χ2v) is 4.77. The Hall–Kier alpha value is -2.13. The van der Waals surface area contributed by atoms with Crippen molar-refractivity contribution in [2.24, 2.45) is 0 Å². The summed E-state index contributed by atoms with van der Waals surface area (Å²) in [5, 5.41) is 9.82. The first-order valence-electron chi connectivity index (χ1n) is 6.21. The Bertz CT molecular complexity index is 619. The molecule has 0 saturated carbocycles. The molecule has 19 heavy (non-hydrogen) atoms. The number of carbonyl (C=O) groups is 1. The summed E-state index contributed by atoms with van der Waals surface area (Å²) in [5.74, 6) is -0.140. The highest BCUT2D eigenvalue weighted by Crippen LogP contribution is 2.41. The van der Waals surface area contributed by atoms with Gasteiger partial charge in [0.15, 0.2) is 11.9 Å². The number of phenols is 1. The van der Waals surface area contributed by atoms with Crippen LogP contribution in [0.4, 0.5) is 0 Å². The van der Waals surface area contributed by atoms with E-state index in [1.54, 1.807) is 12.1 Å². The lowest BCUT2D eigenvalue weighted by Crippen LogP contribution is -2.08. The van der Waals surface area contributed by atoms with Gasteiger partial charge < -0.3 is 9.84 Å². The van der Waals surface area contributed by atoms with Gasteiger partial charge in [-0.05, 0) is 30.2 Å². The number of Topliss-reactive ketones (excluding diaryl/α,β-unsaturated/α-hetero) is 1. The molecular weight excluding hydrogens is 240 g/mol. The lowest BCUT2D eigenvalue weighted by molar-refractivity contribution is 0.0951. The SMILES string of the molecule is Cc1ccc(C(=O)C2OC2c2ccccc2)c(O)c1. The van der Waals surface area contributed by atoms with Gasteiger partial charge in [-0.25, -0.2) is 0 Å². The molecule has 1 heterocycles. The van der Waals surface area contributed by atoms with E-state index >= 15 is 0 Å². The number of ether oxygens (including phenoxy) is 1. The van der Waals surface area contributed by atoms with Gasteiger partial charge in [0.1, 0.15) is 11.9 Å². The van der Waals surface area contributed by atoms with Gasteiger partial charge in [-0.1, -0.05) is 36.4 Å². The quantitative estimate of drug-likeness (QED) is 0.676. The first kappa shape index (κ1) is 11.9. The summed E-state index contributed by atoms with van der Waals surface area (Å²) in [7, 11) is 0. The van der Waals surface area contributed by atoms with Crippen molar-refractivity contribution in [3.8, 4) is 5.75 Å². The highest BCUT2D eigenvalue weighted by molar-refractivity contribution is 6.03. The number of phenolic OH excluding ortho intramolecular Hbond substituents is 1. The van der Waals surface area contributed by atoms with Crippen LogP contribution in [0.2, 0.25) is 0 Å². The highest BCUT2D eigenvalue weighted by Gasteiger charge is 2.46. The van der Waals surface area contributed by atoms with Crippen molar-refractivity contribution < 1.29 is 14.6 Å². The number of carbonyl (C=O) groups excluding carboxylic acids is 1. The predicted octanol–water partition coefficient (Wildman–Crippen LogP) is 3.02. The Morgan fingerprint density at radius 2 is 1.89 bits per heavy atom. The van der Waals surface area contributed by atoms with Crippen molar-refractivity contribution in [2.75, 3.05) is 0 Å². The lowest BCUT2D eigenvalue weighted by Gasteiger charge is -2.02. The molecule has 0 spiro atoms. The summed E-state index contributed by atoms with van der Waals surface area (Å²) in [4.78, 5) is 12.2. The molecule has 2 atom stereocenters. The molecule has 2 unspecified atom stereocenters. The van der Waals surface area contributed by atoms with Crippen LogP contribution in [-0.4, -0.2) is 17.0 Å². The molecule has 0 amide bonds. The topological polar surface area (TPSA) is 49.8 Å². The summed E-state index contributed by atoms with van der Waals surface area (Å²) in [5.41, 5.74) is 2.24. The van der Waals surface area contributed by atoms with E-state index in [1.165, 1.54) is 0 Å². The minimum Gasteiger partial charge on any atom is -0.507 e. The van der Waals surface area contributed by atoms with Crippen molar-refractivity contribution in [3.05, 3.63) is 65.2 Å². The zero-order valence-electron chi connectivity index (χ0n) is 10.5. The third-order valence-electron chi connectivity index (χ3n) is 3.30. The molecular formula is C16H14O3. The van der Waals surface area contributed by atoms with Gasteiger partial charge in [0.2, 0.25) is 0 Å². The Morgan fingerprint density at radius 3 is 2.58 bits per heavy atom. The van der Waals surface area contributed by atoms with Crippen molar-refractivity contribution in [1.82, 2.24) is 0 Å². The van der Waals surface area contributed by atoms with Crippen LogP contribution in [0.5, 0.6) is 5.75 Å². The molecule has 3 rings (SSSR count).